The van der Waals surface area contributed by atoms with Crippen molar-refractivity contribution in [2.24, 2.45) is 0 Å². The number of aliphatic carboxylic acids is 1. The molecule has 0 saturated carbocycles. The Bertz CT molecular complexity index is 305. The Labute approximate surface area is 154 Å². The monoisotopic (exact) mass is 360 g/mol. The van der Waals surface area contributed by atoms with Gasteiger partial charge in [0.2, 0.25) is 0 Å². The van der Waals surface area contributed by atoms with Crippen LogP contribution in [-0.4, -0.2) is 46.7 Å². The number of hydrogen-bond acceptors (Lipinski definition) is 4. The summed E-state index contributed by atoms with van der Waals surface area (Å²) in [5, 5.41) is 26.4. The molecular weight excluding hydrogens is 320 g/mol. The molecule has 25 heavy (non-hydrogen) atoms. The molecule has 0 aliphatic carbocycles. The fraction of sp³-hybridized carbons (Fsp3) is 0.850. The largest absolute Gasteiger partial charge is 0.478 e. The van der Waals surface area contributed by atoms with Crippen LogP contribution in [0.3, 0.4) is 0 Å². The highest BCUT2D eigenvalue weighted by Gasteiger charge is 2.07. The lowest BCUT2D eigenvalue weighted by molar-refractivity contribution is -0.132. The van der Waals surface area contributed by atoms with E-state index in [1.165, 1.54) is 58.3 Å². The molecule has 0 heterocycles. The van der Waals surface area contributed by atoms with E-state index in [-0.39, 0.29) is 24.4 Å². The molecule has 2 unspecified atom stereocenters. The normalized spacial score (nSPS) is 12.8. The van der Waals surface area contributed by atoms with Crippen LogP contribution in [0.25, 0.3) is 0 Å². The minimum absolute atomic E-state index is 0.0186. The SMILES string of the molecule is C=C(C)C(=O)O.CCCCCCCCCCCC(O)COC(C)CO. The molecule has 0 aromatic rings. The van der Waals surface area contributed by atoms with Gasteiger partial charge in [-0.1, -0.05) is 71.3 Å². The van der Waals surface area contributed by atoms with E-state index >= 15 is 0 Å². The van der Waals surface area contributed by atoms with Crippen LogP contribution in [0.15, 0.2) is 12.2 Å². The predicted molar refractivity (Wildman–Crippen MR) is 103 cm³/mol. The van der Waals surface area contributed by atoms with Crippen LogP contribution < -0.4 is 0 Å². The van der Waals surface area contributed by atoms with E-state index in [2.05, 4.69) is 13.5 Å². The molecule has 0 rings (SSSR count). The molecule has 0 aromatic carbocycles. The highest BCUT2D eigenvalue weighted by atomic mass is 16.5. The summed E-state index contributed by atoms with van der Waals surface area (Å²) in [5.74, 6) is -0.935. The first-order valence-corrected chi connectivity index (χ1v) is 9.64. The van der Waals surface area contributed by atoms with Gasteiger partial charge < -0.3 is 20.1 Å². The fourth-order valence-corrected chi connectivity index (χ4v) is 2.10. The molecule has 5 nitrogen and oxygen atoms in total. The van der Waals surface area contributed by atoms with Crippen molar-refractivity contribution in [1.82, 2.24) is 0 Å². The Hall–Kier alpha value is -0.910. The molecule has 150 valence electrons. The van der Waals surface area contributed by atoms with Crippen molar-refractivity contribution in [3.8, 4) is 0 Å². The van der Waals surface area contributed by atoms with Gasteiger partial charge in [-0.25, -0.2) is 4.79 Å². The van der Waals surface area contributed by atoms with Crippen LogP contribution in [0, 0.1) is 0 Å². The lowest BCUT2D eigenvalue weighted by Crippen LogP contribution is -2.21. The topological polar surface area (TPSA) is 87.0 Å². The number of aliphatic hydroxyl groups excluding tert-OH is 2. The average Bonchev–Trinajstić information content (AvgIpc) is 2.58. The van der Waals surface area contributed by atoms with E-state index in [1.807, 2.05) is 6.92 Å². The molecule has 5 heteroatoms. The van der Waals surface area contributed by atoms with Crippen molar-refractivity contribution in [3.05, 3.63) is 12.2 Å². The van der Waals surface area contributed by atoms with Crippen LogP contribution in [0.2, 0.25) is 0 Å². The summed E-state index contributed by atoms with van der Waals surface area (Å²) < 4.78 is 5.29. The Morgan fingerprint density at radius 3 is 1.88 bits per heavy atom. The number of aliphatic hydroxyl groups is 2. The van der Waals surface area contributed by atoms with Crippen LogP contribution >= 0.6 is 0 Å². The van der Waals surface area contributed by atoms with Gasteiger partial charge in [0, 0.05) is 5.57 Å². The Morgan fingerprint density at radius 2 is 1.48 bits per heavy atom. The Balaban J connectivity index is 0. The lowest BCUT2D eigenvalue weighted by Gasteiger charge is -2.14. The second-order valence-corrected chi connectivity index (χ2v) is 6.68. The maximum atomic E-state index is 9.69. The van der Waals surface area contributed by atoms with Crippen molar-refractivity contribution < 1.29 is 24.9 Å². The van der Waals surface area contributed by atoms with E-state index in [4.69, 9.17) is 14.9 Å². The molecule has 0 radical (unpaired) electrons. The molecule has 0 fully saturated rings. The summed E-state index contributed by atoms with van der Waals surface area (Å²) in [6, 6.07) is 0. The zero-order valence-electron chi connectivity index (χ0n) is 16.5. The third-order valence-corrected chi connectivity index (χ3v) is 3.84. The maximum absolute atomic E-state index is 9.69. The van der Waals surface area contributed by atoms with E-state index in [1.54, 1.807) is 0 Å². The van der Waals surface area contributed by atoms with Crippen molar-refractivity contribution in [3.63, 3.8) is 0 Å². The average molecular weight is 361 g/mol. The molecular formula is C20H40O5. The van der Waals surface area contributed by atoms with E-state index < -0.39 is 5.97 Å². The van der Waals surface area contributed by atoms with E-state index in [0.717, 1.165) is 12.8 Å². The first-order valence-electron chi connectivity index (χ1n) is 9.64. The van der Waals surface area contributed by atoms with Gasteiger partial charge in [0.05, 0.1) is 25.4 Å². The first-order chi connectivity index (χ1) is 11.8. The molecule has 0 aliphatic rings. The highest BCUT2D eigenvalue weighted by Crippen LogP contribution is 2.11. The van der Waals surface area contributed by atoms with Crippen molar-refractivity contribution in [2.45, 2.75) is 97.2 Å². The van der Waals surface area contributed by atoms with Crippen molar-refractivity contribution in [1.29, 1.82) is 0 Å². The predicted octanol–water partition coefficient (Wildman–Crippen LogP) is 4.31. The summed E-state index contributed by atoms with van der Waals surface area (Å²) in [5.41, 5.74) is 0.176. The molecule has 2 atom stereocenters. The van der Waals surface area contributed by atoms with Gasteiger partial charge in [0.15, 0.2) is 0 Å². The fourth-order valence-electron chi connectivity index (χ4n) is 2.10. The lowest BCUT2D eigenvalue weighted by atomic mass is 10.1. The number of carboxylic acid groups (broad SMARTS) is 1. The molecule has 3 N–H and O–H groups in total. The van der Waals surface area contributed by atoms with Gasteiger partial charge >= 0.3 is 5.97 Å². The molecule has 0 spiro atoms. The summed E-state index contributed by atoms with van der Waals surface area (Å²) in [7, 11) is 0. The van der Waals surface area contributed by atoms with Crippen LogP contribution in [0.1, 0.15) is 85.0 Å². The number of rotatable bonds is 15. The standard InChI is InChI=1S/C16H34O3.C4H6O2/c1-3-4-5-6-7-8-9-10-11-12-16(18)14-19-15(2)13-17;1-3(2)4(5)6/h15-18H,3-14H2,1-2H3;1H2,2H3,(H,5,6). The third-order valence-electron chi connectivity index (χ3n) is 3.84. The van der Waals surface area contributed by atoms with Gasteiger partial charge in [-0.15, -0.1) is 0 Å². The van der Waals surface area contributed by atoms with Crippen molar-refractivity contribution >= 4 is 5.97 Å². The highest BCUT2D eigenvalue weighted by molar-refractivity contribution is 5.84. The Morgan fingerprint density at radius 1 is 1.04 bits per heavy atom. The zero-order chi connectivity index (χ0) is 19.5. The number of hydrogen-bond donors (Lipinski definition) is 3. The third kappa shape index (κ3) is 23.1. The smallest absolute Gasteiger partial charge is 0.330 e. The van der Waals surface area contributed by atoms with Crippen LogP contribution in [0.5, 0.6) is 0 Å². The molecule has 0 saturated heterocycles. The zero-order valence-corrected chi connectivity index (χ0v) is 16.5. The molecule has 0 bridgehead atoms. The number of ether oxygens (including phenoxy) is 1. The van der Waals surface area contributed by atoms with Gasteiger partial charge in [-0.3, -0.25) is 0 Å². The van der Waals surface area contributed by atoms with Gasteiger partial charge in [0.1, 0.15) is 0 Å². The minimum atomic E-state index is -0.935. The summed E-state index contributed by atoms with van der Waals surface area (Å²) in [6.07, 6.45) is 12.0. The number of carbonyl (C=O) groups is 1. The van der Waals surface area contributed by atoms with Crippen LogP contribution in [-0.2, 0) is 9.53 Å². The quantitative estimate of drug-likeness (QED) is 0.299. The molecule has 0 amide bonds. The summed E-state index contributed by atoms with van der Waals surface area (Å²) in [6.45, 7) is 9.02. The van der Waals surface area contributed by atoms with E-state index in [9.17, 15) is 9.90 Å². The van der Waals surface area contributed by atoms with Gasteiger partial charge in [-0.05, 0) is 20.3 Å². The van der Waals surface area contributed by atoms with Crippen LogP contribution in [0.4, 0.5) is 0 Å². The minimum Gasteiger partial charge on any atom is -0.478 e. The van der Waals surface area contributed by atoms with Crippen molar-refractivity contribution in [2.75, 3.05) is 13.2 Å². The van der Waals surface area contributed by atoms with Gasteiger partial charge in [0.25, 0.3) is 0 Å². The first kappa shape index (κ1) is 26.3. The maximum Gasteiger partial charge on any atom is 0.330 e. The Kier molecular flexibility index (Phi) is 20.4. The molecule has 0 aromatic heterocycles. The molecule has 0 aliphatic heterocycles. The second-order valence-electron chi connectivity index (χ2n) is 6.68. The number of carboxylic acids is 1. The second kappa shape index (κ2) is 19.4. The number of unbranched alkanes of at least 4 members (excludes halogenated alkanes) is 8. The summed E-state index contributed by atoms with van der Waals surface area (Å²) in [4.78, 5) is 9.60. The van der Waals surface area contributed by atoms with E-state index in [0.29, 0.717) is 6.61 Å². The summed E-state index contributed by atoms with van der Waals surface area (Å²) >= 11 is 0. The van der Waals surface area contributed by atoms with Gasteiger partial charge in [-0.2, -0.15) is 0 Å².